The van der Waals surface area contributed by atoms with Gasteiger partial charge in [-0.05, 0) is 84.1 Å². The van der Waals surface area contributed by atoms with Gasteiger partial charge >= 0.3 is 0 Å². The Labute approximate surface area is 272 Å². The van der Waals surface area contributed by atoms with E-state index in [0.717, 1.165) is 42.6 Å². The summed E-state index contributed by atoms with van der Waals surface area (Å²) < 4.78 is 39.9. The quantitative estimate of drug-likeness (QED) is 0.107. The molecule has 4 atom stereocenters. The molecule has 0 radical (unpaired) electrons. The minimum atomic E-state index is -0.00989. The van der Waals surface area contributed by atoms with Crippen molar-refractivity contribution >= 4 is 0 Å². The molecule has 2 aliphatic heterocycles. The van der Waals surface area contributed by atoms with E-state index in [4.69, 9.17) is 33.2 Å². The van der Waals surface area contributed by atoms with Crippen molar-refractivity contribution in [1.82, 2.24) is 0 Å². The molecule has 2 fully saturated rings. The third-order valence-corrected chi connectivity index (χ3v) is 8.33. The highest BCUT2D eigenvalue weighted by Gasteiger charge is 2.29. The predicted molar refractivity (Wildman–Crippen MR) is 178 cm³/mol. The second-order valence-electron chi connectivity index (χ2n) is 12.0. The van der Waals surface area contributed by atoms with Gasteiger partial charge in [-0.2, -0.15) is 0 Å². The second kappa shape index (κ2) is 15.5. The van der Waals surface area contributed by atoms with Crippen molar-refractivity contribution in [1.29, 1.82) is 0 Å². The Hall–Kier alpha value is -4.04. The van der Waals surface area contributed by atoms with Crippen LogP contribution in [-0.4, -0.2) is 65.1 Å². The van der Waals surface area contributed by atoms with E-state index in [1.54, 1.807) is 7.11 Å². The SMILES string of the molecule is CCCOc1ccc(C(c2ccc(OCC(C)OC)cc2)C(c2ccc(OCC3CO3)cc2)c2ccc(OCC3CO3)cc2)cc1. The van der Waals surface area contributed by atoms with E-state index in [9.17, 15) is 0 Å². The number of methoxy groups -OCH3 is 1. The van der Waals surface area contributed by atoms with E-state index >= 15 is 0 Å². The number of hydrogen-bond donors (Lipinski definition) is 0. The van der Waals surface area contributed by atoms with Crippen LogP contribution in [0.2, 0.25) is 0 Å². The summed E-state index contributed by atoms with van der Waals surface area (Å²) in [5.41, 5.74) is 4.73. The molecule has 2 aliphatic rings. The van der Waals surface area contributed by atoms with Gasteiger partial charge in [-0.15, -0.1) is 0 Å². The molecule has 4 unspecified atom stereocenters. The first kappa shape index (κ1) is 31.9. The molecule has 0 aliphatic carbocycles. The van der Waals surface area contributed by atoms with E-state index in [1.165, 1.54) is 22.3 Å². The van der Waals surface area contributed by atoms with Crippen LogP contribution < -0.4 is 18.9 Å². The number of ether oxygens (including phenoxy) is 7. The normalized spacial score (nSPS) is 18.7. The van der Waals surface area contributed by atoms with E-state index in [0.29, 0.717) is 26.4 Å². The Bertz CT molecular complexity index is 1420. The summed E-state index contributed by atoms with van der Waals surface area (Å²) in [5, 5.41) is 0. The fourth-order valence-electron chi connectivity index (χ4n) is 5.45. The lowest BCUT2D eigenvalue weighted by Crippen LogP contribution is -2.16. The van der Waals surface area contributed by atoms with Gasteiger partial charge in [0.15, 0.2) is 0 Å². The Kier molecular flexibility index (Phi) is 10.8. The largest absolute Gasteiger partial charge is 0.494 e. The zero-order chi connectivity index (χ0) is 31.7. The first-order valence-corrected chi connectivity index (χ1v) is 16.3. The summed E-state index contributed by atoms with van der Waals surface area (Å²) in [6.07, 6.45) is 1.39. The molecule has 6 rings (SSSR count). The number of epoxide rings is 2. The molecule has 0 spiro atoms. The number of rotatable bonds is 18. The van der Waals surface area contributed by atoms with E-state index < -0.39 is 0 Å². The monoisotopic (exact) mass is 624 g/mol. The Balaban J connectivity index is 1.36. The van der Waals surface area contributed by atoms with Crippen LogP contribution in [0, 0.1) is 0 Å². The maximum absolute atomic E-state index is 6.01. The highest BCUT2D eigenvalue weighted by molar-refractivity contribution is 5.48. The Morgan fingerprint density at radius 1 is 0.565 bits per heavy atom. The molecule has 242 valence electrons. The van der Waals surface area contributed by atoms with Crippen LogP contribution in [0.4, 0.5) is 0 Å². The van der Waals surface area contributed by atoms with Gasteiger partial charge in [0.05, 0.1) is 25.9 Å². The fraction of sp³-hybridized carbons (Fsp3) is 0.385. The van der Waals surface area contributed by atoms with Gasteiger partial charge in [0.25, 0.3) is 0 Å². The number of benzene rings is 4. The van der Waals surface area contributed by atoms with E-state index in [1.807, 2.05) is 19.1 Å². The molecule has 7 nitrogen and oxygen atoms in total. The molecule has 7 heteroatoms. The molecule has 0 N–H and O–H groups in total. The fourth-order valence-corrected chi connectivity index (χ4v) is 5.45. The van der Waals surface area contributed by atoms with Gasteiger partial charge in [-0.25, -0.2) is 0 Å². The molecule has 2 saturated heterocycles. The zero-order valence-corrected chi connectivity index (χ0v) is 26.9. The summed E-state index contributed by atoms with van der Waals surface area (Å²) in [6.45, 7) is 7.98. The molecule has 0 saturated carbocycles. The van der Waals surface area contributed by atoms with Gasteiger partial charge in [0, 0.05) is 18.9 Å². The minimum Gasteiger partial charge on any atom is -0.494 e. The Morgan fingerprint density at radius 2 is 0.913 bits per heavy atom. The minimum absolute atomic E-state index is 0.00885. The molecule has 0 amide bonds. The summed E-state index contributed by atoms with van der Waals surface area (Å²) in [7, 11) is 1.70. The van der Waals surface area contributed by atoms with Gasteiger partial charge in [-0.3, -0.25) is 0 Å². The molecular weight excluding hydrogens is 580 g/mol. The van der Waals surface area contributed by atoms with E-state index in [2.05, 4.69) is 91.9 Å². The van der Waals surface area contributed by atoms with Crippen molar-refractivity contribution in [2.45, 2.75) is 50.4 Å². The van der Waals surface area contributed by atoms with Gasteiger partial charge in [-0.1, -0.05) is 55.5 Å². The Morgan fingerprint density at radius 3 is 1.24 bits per heavy atom. The van der Waals surface area contributed by atoms with Crippen LogP contribution in [0.1, 0.15) is 54.4 Å². The molecular formula is C39H44O7. The van der Waals surface area contributed by atoms with Gasteiger partial charge in [0.1, 0.15) is 55.0 Å². The van der Waals surface area contributed by atoms with Crippen molar-refractivity contribution < 1.29 is 33.2 Å². The smallest absolute Gasteiger partial charge is 0.119 e. The highest BCUT2D eigenvalue weighted by atomic mass is 16.6. The highest BCUT2D eigenvalue weighted by Crippen LogP contribution is 2.44. The average Bonchev–Trinajstić information content (AvgIpc) is 4.04. The summed E-state index contributed by atoms with van der Waals surface area (Å²) in [5.74, 6) is 3.34. The lowest BCUT2D eigenvalue weighted by Gasteiger charge is -2.30. The van der Waals surface area contributed by atoms with Crippen LogP contribution in [0.5, 0.6) is 23.0 Å². The number of hydrogen-bond acceptors (Lipinski definition) is 7. The molecule has 0 aromatic heterocycles. The van der Waals surface area contributed by atoms with Crippen LogP contribution in [-0.2, 0) is 14.2 Å². The lowest BCUT2D eigenvalue weighted by atomic mass is 9.73. The standard InChI is InChI=1S/C39H44O7/c1-4-21-41-32-13-5-28(6-14-32)38(29-7-15-33(16-8-29)42-22-27(2)40-3)39(30-9-17-34(18-10-30)43-23-36-25-45-36)31-11-19-35(20-12-31)44-24-37-26-46-37/h5-20,27,36-39H,4,21-26H2,1-3H3. The van der Waals surface area contributed by atoms with Crippen LogP contribution in [0.3, 0.4) is 0 Å². The van der Waals surface area contributed by atoms with E-state index in [-0.39, 0.29) is 30.1 Å². The van der Waals surface area contributed by atoms with Gasteiger partial charge in [0.2, 0.25) is 0 Å². The maximum Gasteiger partial charge on any atom is 0.119 e. The molecule has 0 bridgehead atoms. The summed E-state index contributed by atoms with van der Waals surface area (Å²) in [4.78, 5) is 0. The maximum atomic E-state index is 6.01. The molecule has 46 heavy (non-hydrogen) atoms. The van der Waals surface area contributed by atoms with Crippen LogP contribution >= 0.6 is 0 Å². The average molecular weight is 625 g/mol. The summed E-state index contributed by atoms with van der Waals surface area (Å²) in [6, 6.07) is 33.9. The molecule has 4 aromatic rings. The van der Waals surface area contributed by atoms with Crippen LogP contribution in [0.25, 0.3) is 0 Å². The predicted octanol–water partition coefficient (Wildman–Crippen LogP) is 7.41. The van der Waals surface area contributed by atoms with Crippen molar-refractivity contribution in [3.63, 3.8) is 0 Å². The van der Waals surface area contributed by atoms with Crippen molar-refractivity contribution in [3.8, 4) is 23.0 Å². The second-order valence-corrected chi connectivity index (χ2v) is 12.0. The lowest BCUT2D eigenvalue weighted by molar-refractivity contribution is 0.0716. The first-order chi connectivity index (χ1) is 22.6. The molecule has 4 aromatic carbocycles. The zero-order valence-electron chi connectivity index (χ0n) is 26.9. The van der Waals surface area contributed by atoms with Crippen molar-refractivity contribution in [2.75, 3.05) is 46.8 Å². The third kappa shape index (κ3) is 8.81. The third-order valence-electron chi connectivity index (χ3n) is 8.33. The van der Waals surface area contributed by atoms with Crippen molar-refractivity contribution in [3.05, 3.63) is 119 Å². The van der Waals surface area contributed by atoms with Gasteiger partial charge < -0.3 is 33.2 Å². The topological polar surface area (TPSA) is 71.2 Å². The molecule has 2 heterocycles. The summed E-state index contributed by atoms with van der Waals surface area (Å²) >= 11 is 0. The van der Waals surface area contributed by atoms with Crippen LogP contribution in [0.15, 0.2) is 97.1 Å². The first-order valence-electron chi connectivity index (χ1n) is 16.3. The van der Waals surface area contributed by atoms with Crippen molar-refractivity contribution in [2.24, 2.45) is 0 Å².